The lowest BCUT2D eigenvalue weighted by atomic mass is 9.87. The van der Waals surface area contributed by atoms with Crippen LogP contribution in [0.5, 0.6) is 0 Å². The molecule has 0 aromatic carbocycles. The smallest absolute Gasteiger partial charge is 0.332 e. The van der Waals surface area contributed by atoms with Crippen molar-refractivity contribution in [3.8, 4) is 0 Å². The Morgan fingerprint density at radius 3 is 3.00 bits per heavy atom. The maximum Gasteiger partial charge on any atom is 0.332 e. The fraction of sp³-hybridized carbons (Fsp3) is 0.688. The molecule has 7 heteroatoms. The Bertz CT molecular complexity index is 578. The number of nitrogens with zero attached hydrogens (tertiary/aromatic N) is 2. The second kappa shape index (κ2) is 6.70. The minimum Gasteiger partial charge on any atom is -0.464 e. The van der Waals surface area contributed by atoms with E-state index < -0.39 is 5.54 Å². The lowest BCUT2D eigenvalue weighted by Crippen LogP contribution is -2.59. The minimum absolute atomic E-state index is 0.0765. The van der Waals surface area contributed by atoms with Crippen LogP contribution in [-0.2, 0) is 32.0 Å². The zero-order valence-corrected chi connectivity index (χ0v) is 13.4. The van der Waals surface area contributed by atoms with E-state index in [9.17, 15) is 9.59 Å². The highest BCUT2D eigenvalue weighted by Crippen LogP contribution is 2.26. The molecule has 1 aromatic rings. The van der Waals surface area contributed by atoms with Gasteiger partial charge in [-0.05, 0) is 19.4 Å². The van der Waals surface area contributed by atoms with Crippen LogP contribution in [0.15, 0.2) is 12.3 Å². The molecular formula is C16H23N3O4. The molecule has 0 bridgehead atoms. The van der Waals surface area contributed by atoms with E-state index in [0.29, 0.717) is 39.1 Å². The summed E-state index contributed by atoms with van der Waals surface area (Å²) in [5, 5.41) is 7.21. The highest BCUT2D eigenvalue weighted by Gasteiger charge is 2.44. The normalized spacial score (nSPS) is 22.9. The predicted octanol–water partition coefficient (Wildman–Crippen LogP) is 0.674. The third-order valence-electron chi connectivity index (χ3n) is 4.70. The Labute approximate surface area is 135 Å². The van der Waals surface area contributed by atoms with Crippen LogP contribution in [0.3, 0.4) is 0 Å². The summed E-state index contributed by atoms with van der Waals surface area (Å²) in [4.78, 5) is 25.1. The lowest BCUT2D eigenvalue weighted by molar-refractivity contribution is -0.158. The number of nitrogens with one attached hydrogen (secondary N) is 1. The van der Waals surface area contributed by atoms with Gasteiger partial charge in [0.25, 0.3) is 0 Å². The standard InChI is InChI=1S/C16H23N3O4/c1-2-23-15(21)16(5-9-22-10-6-16)18-14(20)12-4-8-19-13(11-12)3-7-17-19/h3,7,12H,2,4-6,8-11H2,1H3,(H,18,20). The molecule has 1 N–H and O–H groups in total. The van der Waals surface area contributed by atoms with Crippen molar-refractivity contribution >= 4 is 11.9 Å². The van der Waals surface area contributed by atoms with Gasteiger partial charge in [0.2, 0.25) is 5.91 Å². The Balaban J connectivity index is 1.70. The first-order chi connectivity index (χ1) is 11.1. The molecule has 1 aromatic heterocycles. The number of ether oxygens (including phenoxy) is 2. The Kier molecular flexibility index (Phi) is 4.66. The van der Waals surface area contributed by atoms with Crippen LogP contribution in [0.2, 0.25) is 0 Å². The molecule has 0 aliphatic carbocycles. The maximum absolute atomic E-state index is 12.7. The summed E-state index contributed by atoms with van der Waals surface area (Å²) >= 11 is 0. The number of hydrogen-bond donors (Lipinski definition) is 1. The van der Waals surface area contributed by atoms with Gasteiger partial charge in [0.15, 0.2) is 0 Å². The van der Waals surface area contributed by atoms with Crippen LogP contribution in [-0.4, -0.2) is 47.0 Å². The topological polar surface area (TPSA) is 82.5 Å². The van der Waals surface area contributed by atoms with Gasteiger partial charge < -0.3 is 14.8 Å². The molecule has 2 aliphatic heterocycles. The zero-order chi connectivity index (χ0) is 16.3. The number of rotatable bonds is 4. The summed E-state index contributed by atoms with van der Waals surface area (Å²) < 4.78 is 12.5. The SMILES string of the molecule is CCOC(=O)C1(NC(=O)C2CCn3nccc3C2)CCOCC1. The summed E-state index contributed by atoms with van der Waals surface area (Å²) in [6, 6.07) is 1.94. The van der Waals surface area contributed by atoms with Crippen molar-refractivity contribution < 1.29 is 19.1 Å². The third kappa shape index (κ3) is 3.24. The average molecular weight is 321 g/mol. The molecule has 7 nitrogen and oxygen atoms in total. The second-order valence-electron chi connectivity index (χ2n) is 6.14. The van der Waals surface area contributed by atoms with Crippen molar-refractivity contribution in [2.24, 2.45) is 5.92 Å². The lowest BCUT2D eigenvalue weighted by Gasteiger charge is -2.37. The highest BCUT2D eigenvalue weighted by molar-refractivity contribution is 5.89. The van der Waals surface area contributed by atoms with E-state index >= 15 is 0 Å². The Hall–Kier alpha value is -1.89. The van der Waals surface area contributed by atoms with Crippen molar-refractivity contribution in [1.29, 1.82) is 0 Å². The third-order valence-corrected chi connectivity index (χ3v) is 4.70. The van der Waals surface area contributed by atoms with E-state index in [-0.39, 0.29) is 17.8 Å². The molecule has 0 saturated carbocycles. The molecule has 126 valence electrons. The van der Waals surface area contributed by atoms with Gasteiger partial charge in [-0.2, -0.15) is 5.10 Å². The molecule has 1 amide bonds. The van der Waals surface area contributed by atoms with Crippen molar-refractivity contribution in [2.45, 2.75) is 44.7 Å². The van der Waals surface area contributed by atoms with Crippen molar-refractivity contribution in [3.63, 3.8) is 0 Å². The fourth-order valence-electron chi connectivity index (χ4n) is 3.30. The van der Waals surface area contributed by atoms with Gasteiger partial charge in [0.05, 0.1) is 6.61 Å². The van der Waals surface area contributed by atoms with Crippen LogP contribution < -0.4 is 5.32 Å². The molecule has 1 saturated heterocycles. The number of carbonyl (C=O) groups excluding carboxylic acids is 2. The summed E-state index contributed by atoms with van der Waals surface area (Å²) in [5.41, 5.74) is 0.122. The summed E-state index contributed by atoms with van der Waals surface area (Å²) in [6.45, 7) is 3.72. The van der Waals surface area contributed by atoms with Gasteiger partial charge >= 0.3 is 5.97 Å². The molecule has 3 heterocycles. The molecular weight excluding hydrogens is 298 g/mol. The largest absolute Gasteiger partial charge is 0.464 e. The van der Waals surface area contributed by atoms with Gasteiger partial charge in [-0.3, -0.25) is 9.48 Å². The van der Waals surface area contributed by atoms with Gasteiger partial charge in [-0.1, -0.05) is 0 Å². The molecule has 1 atom stereocenters. The van der Waals surface area contributed by atoms with Gasteiger partial charge in [0.1, 0.15) is 5.54 Å². The summed E-state index contributed by atoms with van der Waals surface area (Å²) in [7, 11) is 0. The predicted molar refractivity (Wildman–Crippen MR) is 81.6 cm³/mol. The van der Waals surface area contributed by atoms with E-state index in [0.717, 1.165) is 18.7 Å². The number of fused-ring (bicyclic) bond motifs is 1. The van der Waals surface area contributed by atoms with Crippen molar-refractivity contribution in [3.05, 3.63) is 18.0 Å². The highest BCUT2D eigenvalue weighted by atomic mass is 16.5. The van der Waals surface area contributed by atoms with E-state index in [2.05, 4.69) is 10.4 Å². The van der Waals surface area contributed by atoms with Gasteiger partial charge in [-0.25, -0.2) is 4.79 Å². The van der Waals surface area contributed by atoms with E-state index in [4.69, 9.17) is 9.47 Å². The number of esters is 1. The van der Waals surface area contributed by atoms with Crippen LogP contribution in [0.25, 0.3) is 0 Å². The first-order valence-electron chi connectivity index (χ1n) is 8.22. The van der Waals surface area contributed by atoms with E-state index in [1.807, 2.05) is 10.7 Å². The first kappa shape index (κ1) is 16.0. The first-order valence-corrected chi connectivity index (χ1v) is 8.22. The summed E-state index contributed by atoms with van der Waals surface area (Å²) in [5.74, 6) is -0.557. The van der Waals surface area contributed by atoms with Crippen molar-refractivity contribution in [1.82, 2.24) is 15.1 Å². The molecule has 23 heavy (non-hydrogen) atoms. The molecule has 3 rings (SSSR count). The maximum atomic E-state index is 12.7. The second-order valence-corrected chi connectivity index (χ2v) is 6.14. The average Bonchev–Trinajstić information content (AvgIpc) is 3.03. The van der Waals surface area contributed by atoms with Gasteiger partial charge in [-0.15, -0.1) is 0 Å². The Morgan fingerprint density at radius 2 is 2.26 bits per heavy atom. The number of aromatic nitrogens is 2. The number of amides is 1. The molecule has 2 aliphatic rings. The van der Waals surface area contributed by atoms with Crippen LogP contribution in [0.1, 0.15) is 31.9 Å². The minimum atomic E-state index is -0.941. The molecule has 0 radical (unpaired) electrons. The Morgan fingerprint density at radius 1 is 1.48 bits per heavy atom. The monoisotopic (exact) mass is 321 g/mol. The van der Waals surface area contributed by atoms with Crippen LogP contribution in [0.4, 0.5) is 0 Å². The fourth-order valence-corrected chi connectivity index (χ4v) is 3.30. The number of carbonyl (C=O) groups is 2. The zero-order valence-electron chi connectivity index (χ0n) is 13.4. The van der Waals surface area contributed by atoms with E-state index in [1.165, 1.54) is 0 Å². The van der Waals surface area contributed by atoms with Crippen molar-refractivity contribution in [2.75, 3.05) is 19.8 Å². The van der Waals surface area contributed by atoms with Gasteiger partial charge in [0, 0.05) is 56.8 Å². The number of aryl methyl sites for hydroxylation is 1. The molecule has 1 fully saturated rings. The van der Waals surface area contributed by atoms with E-state index in [1.54, 1.807) is 13.1 Å². The quantitative estimate of drug-likeness (QED) is 0.825. The molecule has 1 unspecified atom stereocenters. The van der Waals surface area contributed by atoms with Crippen LogP contribution >= 0.6 is 0 Å². The van der Waals surface area contributed by atoms with Crippen LogP contribution in [0, 0.1) is 5.92 Å². The summed E-state index contributed by atoms with van der Waals surface area (Å²) in [6.07, 6.45) is 4.07. The molecule has 0 spiro atoms. The number of hydrogen-bond acceptors (Lipinski definition) is 5.